The van der Waals surface area contributed by atoms with E-state index in [2.05, 4.69) is 10.6 Å². The molecule has 6 nitrogen and oxygen atoms in total. The van der Waals surface area contributed by atoms with Crippen LogP contribution >= 0.6 is 0 Å². The van der Waals surface area contributed by atoms with Gasteiger partial charge < -0.3 is 20.2 Å². The molecule has 1 saturated carbocycles. The summed E-state index contributed by atoms with van der Waals surface area (Å²) in [6.45, 7) is 0.152. The Bertz CT molecular complexity index is 695. The monoisotopic (exact) mass is 328 g/mol. The molecule has 1 aromatic carbocycles. The van der Waals surface area contributed by atoms with E-state index in [0.717, 1.165) is 18.4 Å². The molecule has 3 rings (SSSR count). The largest absolute Gasteiger partial charge is 0.467 e. The molecule has 0 aliphatic heterocycles. The molecule has 3 N–H and O–H groups in total. The Morgan fingerprint density at radius 1 is 1.08 bits per heavy atom. The number of hydrogen-bond donors (Lipinski definition) is 3. The molecule has 126 valence electrons. The van der Waals surface area contributed by atoms with E-state index in [-0.39, 0.29) is 19.0 Å². The third-order valence-electron chi connectivity index (χ3n) is 4.25. The van der Waals surface area contributed by atoms with Crippen molar-refractivity contribution < 1.29 is 19.1 Å². The first kappa shape index (κ1) is 16.3. The van der Waals surface area contributed by atoms with E-state index in [1.165, 1.54) is 6.26 Å². The summed E-state index contributed by atoms with van der Waals surface area (Å²) in [5.74, 6) is -0.851. The van der Waals surface area contributed by atoms with Crippen molar-refractivity contribution in [1.82, 2.24) is 10.6 Å². The van der Waals surface area contributed by atoms with Gasteiger partial charge in [-0.25, -0.2) is 0 Å². The van der Waals surface area contributed by atoms with Crippen molar-refractivity contribution in [1.29, 1.82) is 0 Å². The number of carbonyl (C=O) groups excluding carboxylic acids is 2. The Hall–Kier alpha value is -2.60. The Morgan fingerprint density at radius 2 is 1.79 bits per heavy atom. The zero-order valence-electron chi connectivity index (χ0n) is 13.2. The molecular weight excluding hydrogens is 308 g/mol. The van der Waals surface area contributed by atoms with Gasteiger partial charge in [-0.05, 0) is 36.5 Å². The fourth-order valence-electron chi connectivity index (χ4n) is 2.73. The molecule has 1 aliphatic rings. The topological polar surface area (TPSA) is 91.6 Å². The van der Waals surface area contributed by atoms with Crippen LogP contribution in [0.4, 0.5) is 0 Å². The summed E-state index contributed by atoms with van der Waals surface area (Å²) in [6.07, 6.45) is 3.31. The van der Waals surface area contributed by atoms with Gasteiger partial charge >= 0.3 is 11.8 Å². The van der Waals surface area contributed by atoms with Crippen LogP contribution in [0.2, 0.25) is 0 Å². The molecule has 0 bridgehead atoms. The van der Waals surface area contributed by atoms with Gasteiger partial charge in [-0.3, -0.25) is 9.59 Å². The normalized spacial score (nSPS) is 16.2. The standard InChI is InChI=1S/C18H20N2O4/c21-16(19-11-15-7-4-10-24-15)17(22)20-12-18(23,14-8-9-14)13-5-2-1-3-6-13/h1-7,10,14,23H,8-9,11-12H2,(H,19,21)(H,20,22)/t18-/m1/s1. The van der Waals surface area contributed by atoms with Crippen molar-refractivity contribution in [2.24, 2.45) is 5.92 Å². The minimum absolute atomic E-state index is 0.00862. The summed E-state index contributed by atoms with van der Waals surface area (Å²) in [5, 5.41) is 16.0. The van der Waals surface area contributed by atoms with Crippen LogP contribution in [-0.4, -0.2) is 23.5 Å². The number of aliphatic hydroxyl groups is 1. The second-order valence-electron chi connectivity index (χ2n) is 6.01. The van der Waals surface area contributed by atoms with E-state index < -0.39 is 17.4 Å². The first-order chi connectivity index (χ1) is 11.6. The van der Waals surface area contributed by atoms with Crippen molar-refractivity contribution in [3.8, 4) is 0 Å². The maximum absolute atomic E-state index is 12.0. The van der Waals surface area contributed by atoms with Crippen molar-refractivity contribution in [3.05, 3.63) is 60.1 Å². The number of benzene rings is 1. The molecule has 0 unspecified atom stereocenters. The Morgan fingerprint density at radius 3 is 2.42 bits per heavy atom. The summed E-state index contributed by atoms with van der Waals surface area (Å²) in [7, 11) is 0. The maximum atomic E-state index is 12.0. The molecule has 2 amide bonds. The highest BCUT2D eigenvalue weighted by atomic mass is 16.3. The lowest BCUT2D eigenvalue weighted by Gasteiger charge is -2.29. The average molecular weight is 328 g/mol. The van der Waals surface area contributed by atoms with Crippen molar-refractivity contribution >= 4 is 11.8 Å². The molecule has 2 aromatic rings. The molecule has 1 heterocycles. The second kappa shape index (κ2) is 6.88. The zero-order chi connectivity index (χ0) is 17.0. The minimum atomic E-state index is -1.14. The van der Waals surface area contributed by atoms with Crippen LogP contribution in [0.5, 0.6) is 0 Å². The van der Waals surface area contributed by atoms with Crippen LogP contribution in [-0.2, 0) is 21.7 Å². The van der Waals surface area contributed by atoms with Crippen LogP contribution < -0.4 is 10.6 Å². The molecule has 1 atom stereocenters. The summed E-state index contributed by atoms with van der Waals surface area (Å²) in [6, 6.07) is 12.7. The van der Waals surface area contributed by atoms with Crippen molar-refractivity contribution in [2.45, 2.75) is 25.0 Å². The van der Waals surface area contributed by atoms with Gasteiger partial charge in [0.05, 0.1) is 19.4 Å². The second-order valence-corrected chi connectivity index (χ2v) is 6.01. The van der Waals surface area contributed by atoms with Gasteiger partial charge in [-0.2, -0.15) is 0 Å². The fraction of sp³-hybridized carbons (Fsp3) is 0.333. The molecular formula is C18H20N2O4. The number of furan rings is 1. The first-order valence-corrected chi connectivity index (χ1v) is 7.96. The van der Waals surface area contributed by atoms with E-state index in [9.17, 15) is 14.7 Å². The molecule has 0 spiro atoms. The number of hydrogen-bond acceptors (Lipinski definition) is 4. The minimum Gasteiger partial charge on any atom is -0.467 e. The van der Waals surface area contributed by atoms with Crippen LogP contribution in [0.25, 0.3) is 0 Å². The lowest BCUT2D eigenvalue weighted by Crippen LogP contribution is -2.47. The highest BCUT2D eigenvalue weighted by molar-refractivity contribution is 6.35. The lowest BCUT2D eigenvalue weighted by molar-refractivity contribution is -0.140. The Balaban J connectivity index is 1.56. The maximum Gasteiger partial charge on any atom is 0.309 e. The third kappa shape index (κ3) is 3.65. The number of carbonyl (C=O) groups is 2. The smallest absolute Gasteiger partial charge is 0.309 e. The fourth-order valence-corrected chi connectivity index (χ4v) is 2.73. The Kier molecular flexibility index (Phi) is 4.66. The molecule has 1 aromatic heterocycles. The summed E-state index contributed by atoms with van der Waals surface area (Å²) < 4.78 is 5.09. The lowest BCUT2D eigenvalue weighted by atomic mass is 9.88. The quantitative estimate of drug-likeness (QED) is 0.697. The summed E-state index contributed by atoms with van der Waals surface area (Å²) in [4.78, 5) is 23.8. The van der Waals surface area contributed by atoms with Gasteiger partial charge in [0.1, 0.15) is 11.4 Å². The van der Waals surface area contributed by atoms with E-state index >= 15 is 0 Å². The number of amides is 2. The first-order valence-electron chi connectivity index (χ1n) is 7.96. The number of rotatable bonds is 6. The van der Waals surface area contributed by atoms with Crippen LogP contribution in [0.1, 0.15) is 24.2 Å². The predicted molar refractivity (Wildman–Crippen MR) is 86.6 cm³/mol. The third-order valence-corrected chi connectivity index (χ3v) is 4.25. The van der Waals surface area contributed by atoms with E-state index in [1.54, 1.807) is 12.1 Å². The average Bonchev–Trinajstić information content (AvgIpc) is 3.35. The molecule has 24 heavy (non-hydrogen) atoms. The Labute approximate surface area is 139 Å². The summed E-state index contributed by atoms with van der Waals surface area (Å²) >= 11 is 0. The predicted octanol–water partition coefficient (Wildman–Crippen LogP) is 1.31. The van der Waals surface area contributed by atoms with Gasteiger partial charge in [0.15, 0.2) is 0 Å². The molecule has 0 radical (unpaired) electrons. The molecule has 6 heteroatoms. The highest BCUT2D eigenvalue weighted by Gasteiger charge is 2.45. The van der Waals surface area contributed by atoms with Crippen LogP contribution in [0, 0.1) is 5.92 Å². The highest BCUT2D eigenvalue weighted by Crippen LogP contribution is 2.45. The van der Waals surface area contributed by atoms with Gasteiger partial charge in [0.2, 0.25) is 0 Å². The van der Waals surface area contributed by atoms with Gasteiger partial charge in [0.25, 0.3) is 0 Å². The summed E-state index contributed by atoms with van der Waals surface area (Å²) in [5.41, 5.74) is -0.387. The van der Waals surface area contributed by atoms with Gasteiger partial charge in [-0.1, -0.05) is 30.3 Å². The molecule has 1 aliphatic carbocycles. The molecule has 1 fully saturated rings. The van der Waals surface area contributed by atoms with Crippen LogP contribution in [0.3, 0.4) is 0 Å². The van der Waals surface area contributed by atoms with E-state index in [1.807, 2.05) is 30.3 Å². The van der Waals surface area contributed by atoms with Crippen LogP contribution in [0.15, 0.2) is 53.1 Å². The van der Waals surface area contributed by atoms with Gasteiger partial charge in [0, 0.05) is 0 Å². The van der Waals surface area contributed by atoms with E-state index in [0.29, 0.717) is 5.76 Å². The SMILES string of the molecule is O=C(NCc1ccco1)C(=O)NC[C@@](O)(c1ccccc1)C1CC1. The van der Waals surface area contributed by atoms with Crippen molar-refractivity contribution in [2.75, 3.05) is 6.54 Å². The molecule has 0 saturated heterocycles. The van der Waals surface area contributed by atoms with Crippen molar-refractivity contribution in [3.63, 3.8) is 0 Å². The van der Waals surface area contributed by atoms with E-state index in [4.69, 9.17) is 4.42 Å². The van der Waals surface area contributed by atoms with Gasteiger partial charge in [-0.15, -0.1) is 0 Å². The zero-order valence-corrected chi connectivity index (χ0v) is 13.2. The number of nitrogens with one attached hydrogen (secondary N) is 2.